The maximum Gasteiger partial charge on any atom is 0.263 e. The van der Waals surface area contributed by atoms with Crippen LogP contribution in [0.2, 0.25) is 0 Å². The molecule has 3 aromatic rings. The Morgan fingerprint density at radius 1 is 1.22 bits per heavy atom. The maximum atomic E-state index is 12.6. The monoisotopic (exact) mass is 360 g/mol. The third-order valence-corrected chi connectivity index (χ3v) is 4.10. The van der Waals surface area contributed by atoms with Crippen LogP contribution in [0.5, 0.6) is 5.75 Å². The molecular formula is C21H20N4O2. The maximum absolute atomic E-state index is 12.6. The molecule has 0 aliphatic heterocycles. The topological polar surface area (TPSA) is 71.2 Å². The standard InChI is InChI=1S/C21H20N4O2/c1-16(27-20-10-8-17(12-22)9-11-20)21(26)24(2)14-18-13-23-25(15-18)19-6-4-3-5-7-19/h3-11,13,15-16H,14H2,1-2H3/t16-/m0/s1. The number of benzene rings is 2. The van der Waals surface area contributed by atoms with Crippen LogP contribution < -0.4 is 4.74 Å². The van der Waals surface area contributed by atoms with Crippen molar-refractivity contribution < 1.29 is 9.53 Å². The average molecular weight is 360 g/mol. The van der Waals surface area contributed by atoms with E-state index in [9.17, 15) is 4.79 Å². The van der Waals surface area contributed by atoms with E-state index in [1.54, 1.807) is 54.0 Å². The predicted molar refractivity (Wildman–Crippen MR) is 101 cm³/mol. The Balaban J connectivity index is 1.60. The van der Waals surface area contributed by atoms with E-state index in [2.05, 4.69) is 11.2 Å². The van der Waals surface area contributed by atoms with Gasteiger partial charge in [-0.05, 0) is 43.3 Å². The number of para-hydroxylation sites is 1. The van der Waals surface area contributed by atoms with Crippen molar-refractivity contribution in [3.63, 3.8) is 0 Å². The summed E-state index contributed by atoms with van der Waals surface area (Å²) < 4.78 is 7.47. The highest BCUT2D eigenvalue weighted by atomic mass is 16.5. The molecule has 6 heteroatoms. The van der Waals surface area contributed by atoms with E-state index in [0.717, 1.165) is 11.3 Å². The lowest BCUT2D eigenvalue weighted by Gasteiger charge is -2.21. The first-order chi connectivity index (χ1) is 13.1. The summed E-state index contributed by atoms with van der Waals surface area (Å²) in [6.45, 7) is 2.15. The quantitative estimate of drug-likeness (QED) is 0.677. The summed E-state index contributed by atoms with van der Waals surface area (Å²) in [6, 6.07) is 18.5. The molecule has 0 aliphatic carbocycles. The SMILES string of the molecule is C[C@H](Oc1ccc(C#N)cc1)C(=O)N(C)Cc1cnn(-c2ccccc2)c1. The highest BCUT2D eigenvalue weighted by Crippen LogP contribution is 2.15. The number of nitrogens with zero attached hydrogens (tertiary/aromatic N) is 4. The molecule has 1 aromatic heterocycles. The summed E-state index contributed by atoms with van der Waals surface area (Å²) in [5.41, 5.74) is 2.45. The van der Waals surface area contributed by atoms with Crippen LogP contribution in [-0.4, -0.2) is 33.7 Å². The Kier molecular flexibility index (Phi) is 5.53. The van der Waals surface area contributed by atoms with E-state index in [1.807, 2.05) is 36.5 Å². The Bertz CT molecular complexity index is 942. The number of carbonyl (C=O) groups is 1. The lowest BCUT2D eigenvalue weighted by molar-refractivity contribution is -0.137. The zero-order valence-corrected chi connectivity index (χ0v) is 15.2. The minimum absolute atomic E-state index is 0.133. The lowest BCUT2D eigenvalue weighted by atomic mass is 10.2. The van der Waals surface area contributed by atoms with Gasteiger partial charge in [0.15, 0.2) is 6.10 Å². The normalized spacial score (nSPS) is 11.4. The summed E-state index contributed by atoms with van der Waals surface area (Å²) in [5.74, 6) is 0.423. The van der Waals surface area contributed by atoms with E-state index in [4.69, 9.17) is 10.00 Å². The van der Waals surface area contributed by atoms with Gasteiger partial charge in [0.2, 0.25) is 0 Å². The third-order valence-electron chi connectivity index (χ3n) is 4.10. The Morgan fingerprint density at radius 3 is 2.59 bits per heavy atom. The number of aromatic nitrogens is 2. The van der Waals surface area contributed by atoms with Crippen LogP contribution in [0.25, 0.3) is 5.69 Å². The second-order valence-corrected chi connectivity index (χ2v) is 6.22. The summed E-state index contributed by atoms with van der Waals surface area (Å²) in [4.78, 5) is 14.2. The minimum atomic E-state index is -0.632. The smallest absolute Gasteiger partial charge is 0.263 e. The molecule has 6 nitrogen and oxygen atoms in total. The van der Waals surface area contributed by atoms with Crippen molar-refractivity contribution in [1.82, 2.24) is 14.7 Å². The first kappa shape index (κ1) is 18.2. The molecule has 3 rings (SSSR count). The van der Waals surface area contributed by atoms with Crippen molar-refractivity contribution in [1.29, 1.82) is 5.26 Å². The summed E-state index contributed by atoms with van der Waals surface area (Å²) >= 11 is 0. The highest BCUT2D eigenvalue weighted by Gasteiger charge is 2.20. The van der Waals surface area contributed by atoms with Crippen molar-refractivity contribution in [3.05, 3.63) is 78.1 Å². The molecule has 0 fully saturated rings. The number of carbonyl (C=O) groups excluding carboxylic acids is 1. The number of hydrogen-bond donors (Lipinski definition) is 0. The lowest BCUT2D eigenvalue weighted by Crippen LogP contribution is -2.37. The van der Waals surface area contributed by atoms with Crippen LogP contribution in [0, 0.1) is 11.3 Å². The van der Waals surface area contributed by atoms with Gasteiger partial charge in [0.25, 0.3) is 5.91 Å². The minimum Gasteiger partial charge on any atom is -0.481 e. The second-order valence-electron chi connectivity index (χ2n) is 6.22. The first-order valence-electron chi connectivity index (χ1n) is 8.57. The molecule has 1 atom stereocenters. The van der Waals surface area contributed by atoms with Crippen LogP contribution >= 0.6 is 0 Å². The van der Waals surface area contributed by atoms with E-state index in [1.165, 1.54) is 0 Å². The van der Waals surface area contributed by atoms with Gasteiger partial charge in [0.1, 0.15) is 5.75 Å². The Hall–Kier alpha value is -3.59. The zero-order valence-electron chi connectivity index (χ0n) is 15.2. The second kappa shape index (κ2) is 8.19. The fourth-order valence-corrected chi connectivity index (χ4v) is 2.69. The Morgan fingerprint density at radius 2 is 1.93 bits per heavy atom. The van der Waals surface area contributed by atoms with Crippen LogP contribution in [0.1, 0.15) is 18.1 Å². The van der Waals surface area contributed by atoms with E-state index >= 15 is 0 Å². The van der Waals surface area contributed by atoms with Crippen molar-refractivity contribution in [2.45, 2.75) is 19.6 Å². The van der Waals surface area contributed by atoms with Crippen molar-refractivity contribution in [2.24, 2.45) is 0 Å². The highest BCUT2D eigenvalue weighted by molar-refractivity contribution is 5.80. The fourth-order valence-electron chi connectivity index (χ4n) is 2.69. The molecule has 0 saturated heterocycles. The van der Waals surface area contributed by atoms with Crippen LogP contribution in [0.4, 0.5) is 0 Å². The average Bonchev–Trinajstić information content (AvgIpc) is 3.17. The van der Waals surface area contributed by atoms with Crippen molar-refractivity contribution >= 4 is 5.91 Å². The molecule has 0 aliphatic rings. The number of likely N-dealkylation sites (N-methyl/N-ethyl adjacent to an activating group) is 1. The van der Waals surface area contributed by atoms with Gasteiger partial charge in [0.05, 0.1) is 23.5 Å². The molecule has 1 amide bonds. The number of hydrogen-bond acceptors (Lipinski definition) is 4. The largest absolute Gasteiger partial charge is 0.481 e. The van der Waals surface area contributed by atoms with Gasteiger partial charge in [-0.3, -0.25) is 4.79 Å². The molecule has 27 heavy (non-hydrogen) atoms. The van der Waals surface area contributed by atoms with Gasteiger partial charge in [-0.25, -0.2) is 4.68 Å². The summed E-state index contributed by atoms with van der Waals surface area (Å²) in [7, 11) is 1.74. The van der Waals surface area contributed by atoms with Gasteiger partial charge in [0, 0.05) is 25.4 Å². The van der Waals surface area contributed by atoms with E-state index < -0.39 is 6.10 Å². The summed E-state index contributed by atoms with van der Waals surface area (Å²) in [6.07, 6.45) is 3.03. The van der Waals surface area contributed by atoms with E-state index in [-0.39, 0.29) is 5.91 Å². The van der Waals surface area contributed by atoms with Gasteiger partial charge < -0.3 is 9.64 Å². The van der Waals surface area contributed by atoms with Gasteiger partial charge in [-0.1, -0.05) is 18.2 Å². The fraction of sp³-hybridized carbons (Fsp3) is 0.190. The Labute approximate surface area is 158 Å². The van der Waals surface area contributed by atoms with Crippen LogP contribution in [-0.2, 0) is 11.3 Å². The van der Waals surface area contributed by atoms with Crippen LogP contribution in [0.15, 0.2) is 67.0 Å². The van der Waals surface area contributed by atoms with Gasteiger partial charge >= 0.3 is 0 Å². The molecule has 0 unspecified atom stereocenters. The summed E-state index contributed by atoms with van der Waals surface area (Å²) in [5, 5.41) is 13.2. The molecule has 0 bridgehead atoms. The van der Waals surface area contributed by atoms with Gasteiger partial charge in [-0.2, -0.15) is 10.4 Å². The molecule has 0 saturated carbocycles. The molecule has 0 N–H and O–H groups in total. The number of nitriles is 1. The van der Waals surface area contributed by atoms with Gasteiger partial charge in [-0.15, -0.1) is 0 Å². The molecule has 136 valence electrons. The predicted octanol–water partition coefficient (Wildman–Crippen LogP) is 3.17. The number of ether oxygens (including phenoxy) is 1. The van der Waals surface area contributed by atoms with Crippen LogP contribution in [0.3, 0.4) is 0 Å². The molecule has 1 heterocycles. The zero-order chi connectivity index (χ0) is 19.2. The molecule has 0 radical (unpaired) electrons. The third kappa shape index (κ3) is 4.53. The van der Waals surface area contributed by atoms with Crippen molar-refractivity contribution in [2.75, 3.05) is 7.05 Å². The number of amides is 1. The number of rotatable bonds is 6. The molecular weight excluding hydrogens is 340 g/mol. The van der Waals surface area contributed by atoms with E-state index in [0.29, 0.717) is 17.9 Å². The first-order valence-corrected chi connectivity index (χ1v) is 8.57. The van der Waals surface area contributed by atoms with Crippen molar-refractivity contribution in [3.8, 4) is 17.5 Å². The molecule has 2 aromatic carbocycles. The molecule has 0 spiro atoms.